The molecule has 98 valence electrons. The minimum absolute atomic E-state index is 0.438. The van der Waals surface area contributed by atoms with Gasteiger partial charge >= 0.3 is 0 Å². The molecule has 4 N–H and O–H groups in total. The Morgan fingerprint density at radius 1 is 1.11 bits per heavy atom. The lowest BCUT2D eigenvalue weighted by atomic mass is 10.2. The largest absolute Gasteiger partial charge is 0.396 e. The molecule has 0 radical (unpaired) electrons. The van der Waals surface area contributed by atoms with Crippen LogP contribution in [0.25, 0.3) is 0 Å². The van der Waals surface area contributed by atoms with E-state index in [2.05, 4.69) is 14.8 Å². The van der Waals surface area contributed by atoms with Gasteiger partial charge in [0, 0.05) is 32.7 Å². The molecule has 0 bridgehead atoms. The average molecular weight is 247 g/mol. The van der Waals surface area contributed by atoms with Gasteiger partial charge in [-0.15, -0.1) is 0 Å². The van der Waals surface area contributed by atoms with Crippen molar-refractivity contribution in [2.75, 3.05) is 49.1 Å². The van der Waals surface area contributed by atoms with Crippen molar-refractivity contribution in [2.45, 2.75) is 12.8 Å². The van der Waals surface area contributed by atoms with Crippen molar-refractivity contribution in [3.05, 3.63) is 12.1 Å². The van der Waals surface area contributed by atoms with Crippen LogP contribution in [0, 0.1) is 5.92 Å². The highest BCUT2D eigenvalue weighted by atomic mass is 15.3. The molecule has 2 fully saturated rings. The van der Waals surface area contributed by atoms with Gasteiger partial charge in [-0.25, -0.2) is 4.98 Å². The molecule has 0 amide bonds. The van der Waals surface area contributed by atoms with E-state index in [1.807, 2.05) is 12.1 Å². The van der Waals surface area contributed by atoms with Gasteiger partial charge in [-0.05, 0) is 30.9 Å². The Morgan fingerprint density at radius 3 is 2.44 bits per heavy atom. The molecule has 1 saturated carbocycles. The predicted molar refractivity (Wildman–Crippen MR) is 74.4 cm³/mol. The van der Waals surface area contributed by atoms with Gasteiger partial charge in [0.1, 0.15) is 11.6 Å². The first-order valence-electron chi connectivity index (χ1n) is 6.71. The Kier molecular flexibility index (Phi) is 2.99. The van der Waals surface area contributed by atoms with Crippen LogP contribution >= 0.6 is 0 Å². The maximum atomic E-state index is 5.76. The topological polar surface area (TPSA) is 71.4 Å². The summed E-state index contributed by atoms with van der Waals surface area (Å²) in [6.07, 6.45) is 2.85. The molecule has 2 aliphatic rings. The Balaban J connectivity index is 1.59. The Hall–Kier alpha value is -1.49. The normalized spacial score (nSPS) is 21.2. The third-order valence-corrected chi connectivity index (χ3v) is 3.85. The zero-order valence-corrected chi connectivity index (χ0v) is 10.7. The predicted octanol–water partition coefficient (Wildman–Crippen LogP) is 0.778. The SMILES string of the molecule is Nc1ccc(N2CCN(CC3CC3)CC2)nc1N. The van der Waals surface area contributed by atoms with E-state index in [0.717, 1.165) is 37.9 Å². The third-order valence-electron chi connectivity index (χ3n) is 3.85. The van der Waals surface area contributed by atoms with E-state index in [1.54, 1.807) is 0 Å². The number of hydrogen-bond acceptors (Lipinski definition) is 5. The van der Waals surface area contributed by atoms with Crippen LogP contribution in [0.5, 0.6) is 0 Å². The highest BCUT2D eigenvalue weighted by Gasteiger charge is 2.26. The van der Waals surface area contributed by atoms with Crippen molar-refractivity contribution in [3.8, 4) is 0 Å². The van der Waals surface area contributed by atoms with Crippen LogP contribution in [0.15, 0.2) is 12.1 Å². The number of nitrogen functional groups attached to an aromatic ring is 2. The monoisotopic (exact) mass is 247 g/mol. The third kappa shape index (κ3) is 2.51. The molecule has 1 saturated heterocycles. The standard InChI is InChI=1S/C13H21N5/c14-11-3-4-12(16-13(11)15)18-7-5-17(6-8-18)9-10-1-2-10/h3-4,10H,1-2,5-9,14H2,(H2,15,16). The molecule has 5 nitrogen and oxygen atoms in total. The number of anilines is 3. The summed E-state index contributed by atoms with van der Waals surface area (Å²) in [7, 11) is 0. The fourth-order valence-electron chi connectivity index (χ4n) is 2.48. The lowest BCUT2D eigenvalue weighted by molar-refractivity contribution is 0.247. The molecule has 1 aliphatic heterocycles. The van der Waals surface area contributed by atoms with Gasteiger partial charge in [-0.2, -0.15) is 0 Å². The van der Waals surface area contributed by atoms with Crippen LogP contribution in [0.1, 0.15) is 12.8 Å². The molecular formula is C13H21N5. The number of piperazine rings is 1. The summed E-state index contributed by atoms with van der Waals surface area (Å²) in [5, 5.41) is 0. The minimum Gasteiger partial charge on any atom is -0.396 e. The maximum Gasteiger partial charge on any atom is 0.149 e. The maximum absolute atomic E-state index is 5.76. The molecule has 2 heterocycles. The van der Waals surface area contributed by atoms with Crippen molar-refractivity contribution in [2.24, 2.45) is 5.92 Å². The van der Waals surface area contributed by atoms with E-state index in [-0.39, 0.29) is 0 Å². The zero-order chi connectivity index (χ0) is 12.5. The zero-order valence-electron chi connectivity index (χ0n) is 10.7. The van der Waals surface area contributed by atoms with Gasteiger partial charge in [0.15, 0.2) is 0 Å². The van der Waals surface area contributed by atoms with Crippen molar-refractivity contribution in [1.82, 2.24) is 9.88 Å². The quantitative estimate of drug-likeness (QED) is 0.826. The van der Waals surface area contributed by atoms with E-state index in [1.165, 1.54) is 19.4 Å². The number of hydrogen-bond donors (Lipinski definition) is 2. The van der Waals surface area contributed by atoms with Gasteiger partial charge in [-0.3, -0.25) is 4.90 Å². The van der Waals surface area contributed by atoms with Gasteiger partial charge < -0.3 is 16.4 Å². The summed E-state index contributed by atoms with van der Waals surface area (Å²) in [6, 6.07) is 3.80. The van der Waals surface area contributed by atoms with Crippen LogP contribution in [0.4, 0.5) is 17.3 Å². The number of nitrogens with zero attached hydrogens (tertiary/aromatic N) is 3. The molecule has 18 heavy (non-hydrogen) atoms. The molecule has 5 heteroatoms. The molecule has 0 aromatic carbocycles. The van der Waals surface area contributed by atoms with Crippen molar-refractivity contribution < 1.29 is 0 Å². The molecule has 1 aromatic heterocycles. The summed E-state index contributed by atoms with van der Waals surface area (Å²) in [5.74, 6) is 2.36. The highest BCUT2D eigenvalue weighted by molar-refractivity contribution is 5.62. The number of nitrogens with two attached hydrogens (primary N) is 2. The smallest absolute Gasteiger partial charge is 0.149 e. The molecule has 1 aromatic rings. The fraction of sp³-hybridized carbons (Fsp3) is 0.615. The van der Waals surface area contributed by atoms with E-state index in [0.29, 0.717) is 11.5 Å². The molecule has 0 atom stereocenters. The van der Waals surface area contributed by atoms with E-state index >= 15 is 0 Å². The number of rotatable bonds is 3. The molecular weight excluding hydrogens is 226 g/mol. The van der Waals surface area contributed by atoms with Crippen LogP contribution < -0.4 is 16.4 Å². The second-order valence-electron chi connectivity index (χ2n) is 5.37. The van der Waals surface area contributed by atoms with Crippen LogP contribution in [0.3, 0.4) is 0 Å². The summed E-state index contributed by atoms with van der Waals surface area (Å²) in [6.45, 7) is 5.60. The second-order valence-corrected chi connectivity index (χ2v) is 5.37. The first-order chi connectivity index (χ1) is 8.72. The fourth-order valence-corrected chi connectivity index (χ4v) is 2.48. The van der Waals surface area contributed by atoms with Crippen LogP contribution in [0.2, 0.25) is 0 Å². The summed E-state index contributed by atoms with van der Waals surface area (Å²) < 4.78 is 0. The van der Waals surface area contributed by atoms with Crippen molar-refractivity contribution in [1.29, 1.82) is 0 Å². The Morgan fingerprint density at radius 2 is 1.83 bits per heavy atom. The van der Waals surface area contributed by atoms with Crippen LogP contribution in [-0.4, -0.2) is 42.6 Å². The molecule has 1 aliphatic carbocycles. The first kappa shape index (κ1) is 11.6. The highest BCUT2D eigenvalue weighted by Crippen LogP contribution is 2.30. The van der Waals surface area contributed by atoms with Crippen molar-refractivity contribution in [3.63, 3.8) is 0 Å². The van der Waals surface area contributed by atoms with E-state index in [9.17, 15) is 0 Å². The summed E-state index contributed by atoms with van der Waals surface area (Å²) in [4.78, 5) is 9.21. The summed E-state index contributed by atoms with van der Waals surface area (Å²) >= 11 is 0. The second kappa shape index (κ2) is 4.65. The summed E-state index contributed by atoms with van der Waals surface area (Å²) in [5.41, 5.74) is 12.0. The lowest BCUT2D eigenvalue weighted by Gasteiger charge is -2.35. The van der Waals surface area contributed by atoms with Crippen molar-refractivity contribution >= 4 is 17.3 Å². The minimum atomic E-state index is 0.438. The van der Waals surface area contributed by atoms with E-state index in [4.69, 9.17) is 11.5 Å². The molecule has 0 unspecified atom stereocenters. The van der Waals surface area contributed by atoms with Gasteiger partial charge in [-0.1, -0.05) is 0 Å². The Labute approximate surface area is 108 Å². The van der Waals surface area contributed by atoms with E-state index < -0.39 is 0 Å². The number of pyridine rings is 1. The Bertz CT molecular complexity index is 421. The molecule has 0 spiro atoms. The number of aromatic nitrogens is 1. The lowest BCUT2D eigenvalue weighted by Crippen LogP contribution is -2.47. The van der Waals surface area contributed by atoms with Gasteiger partial charge in [0.25, 0.3) is 0 Å². The first-order valence-corrected chi connectivity index (χ1v) is 6.71. The average Bonchev–Trinajstić information content (AvgIpc) is 3.18. The van der Waals surface area contributed by atoms with Gasteiger partial charge in [0.05, 0.1) is 5.69 Å². The van der Waals surface area contributed by atoms with Gasteiger partial charge in [0.2, 0.25) is 0 Å². The molecule has 3 rings (SSSR count). The van der Waals surface area contributed by atoms with Crippen LogP contribution in [-0.2, 0) is 0 Å².